The van der Waals surface area contributed by atoms with Crippen molar-refractivity contribution in [3.05, 3.63) is 81.9 Å². The first kappa shape index (κ1) is 15.8. The van der Waals surface area contributed by atoms with Gasteiger partial charge in [0.15, 0.2) is 17.4 Å². The van der Waals surface area contributed by atoms with Crippen molar-refractivity contribution in [2.45, 2.75) is 52.9 Å². The largest absolute Gasteiger partial charge is 0.364 e. The van der Waals surface area contributed by atoms with Crippen LogP contribution < -0.4 is 4.57 Å². The Labute approximate surface area is 154 Å². The molecule has 0 bridgehead atoms. The molecule has 0 saturated heterocycles. The number of hydrogen-bond donors (Lipinski definition) is 0. The van der Waals surface area contributed by atoms with E-state index in [4.69, 9.17) is 4.74 Å². The van der Waals surface area contributed by atoms with E-state index in [-0.39, 0.29) is 6.10 Å². The molecule has 3 aromatic rings. The monoisotopic (exact) mass is 345 g/mol. The van der Waals surface area contributed by atoms with Gasteiger partial charge in [0.1, 0.15) is 18.4 Å². The van der Waals surface area contributed by atoms with Gasteiger partial charge in [0.2, 0.25) is 6.33 Å². The Kier molecular flexibility index (Phi) is 3.38. The lowest BCUT2D eigenvalue weighted by Gasteiger charge is -2.24. The van der Waals surface area contributed by atoms with Gasteiger partial charge in [-0.25, -0.2) is 4.57 Å². The molecule has 0 unspecified atom stereocenters. The number of imidazole rings is 1. The van der Waals surface area contributed by atoms with Crippen LogP contribution in [0.2, 0.25) is 0 Å². The molecular weight excluding hydrogens is 320 g/mol. The van der Waals surface area contributed by atoms with E-state index in [1.165, 1.54) is 44.9 Å². The maximum absolute atomic E-state index is 6.29. The lowest BCUT2D eigenvalue weighted by Crippen LogP contribution is -2.51. The van der Waals surface area contributed by atoms with Crippen LogP contribution in [0.1, 0.15) is 45.2 Å². The van der Waals surface area contributed by atoms with Crippen molar-refractivity contribution in [2.24, 2.45) is 0 Å². The molecule has 3 heteroatoms. The summed E-state index contributed by atoms with van der Waals surface area (Å²) in [4.78, 5) is 0. The van der Waals surface area contributed by atoms with Crippen molar-refractivity contribution in [1.29, 1.82) is 0 Å². The summed E-state index contributed by atoms with van der Waals surface area (Å²) in [5.74, 6) is 0. The van der Waals surface area contributed by atoms with Crippen LogP contribution in [0, 0.1) is 27.7 Å². The molecule has 0 fully saturated rings. The number of nitrogens with zero attached hydrogens (tertiary/aromatic N) is 2. The number of aryl methyl sites for hydroxylation is 3. The molecule has 2 heterocycles. The maximum atomic E-state index is 6.29. The molecule has 5 rings (SSSR count). The highest BCUT2D eigenvalue weighted by molar-refractivity contribution is 5.50. The smallest absolute Gasteiger partial charge is 0.250 e. The Morgan fingerprint density at radius 1 is 1.04 bits per heavy atom. The van der Waals surface area contributed by atoms with Crippen molar-refractivity contribution >= 4 is 0 Å². The second kappa shape index (κ2) is 5.55. The Hall–Kier alpha value is -2.39. The van der Waals surface area contributed by atoms with Gasteiger partial charge < -0.3 is 4.74 Å². The van der Waals surface area contributed by atoms with Crippen LogP contribution in [0.3, 0.4) is 0 Å². The van der Waals surface area contributed by atoms with Crippen molar-refractivity contribution < 1.29 is 9.30 Å². The molecule has 0 spiro atoms. The summed E-state index contributed by atoms with van der Waals surface area (Å²) in [5.41, 5.74) is 10.7. The zero-order valence-corrected chi connectivity index (χ0v) is 15.9. The van der Waals surface area contributed by atoms with Gasteiger partial charge in [-0.15, -0.1) is 0 Å². The Morgan fingerprint density at radius 2 is 1.77 bits per heavy atom. The average molecular weight is 345 g/mol. The molecule has 2 aromatic carbocycles. The highest BCUT2D eigenvalue weighted by Crippen LogP contribution is 2.37. The summed E-state index contributed by atoms with van der Waals surface area (Å²) in [6.07, 6.45) is 3.57. The molecule has 0 saturated carbocycles. The molecule has 3 nitrogen and oxygen atoms in total. The highest BCUT2D eigenvalue weighted by Gasteiger charge is 2.44. The SMILES string of the molecule is Cc1cc(C)c(-n2c[n+]3c(c2C)CO[C@@H]2Cc4ccccc4[C@@H]23)c(C)c1. The molecule has 0 N–H and O–H groups in total. The Bertz CT molecular complexity index is 1010. The molecule has 0 amide bonds. The summed E-state index contributed by atoms with van der Waals surface area (Å²) in [5, 5.41) is 0. The van der Waals surface area contributed by atoms with Crippen LogP contribution in [0.15, 0.2) is 42.7 Å². The molecule has 1 aliphatic heterocycles. The number of benzene rings is 2. The van der Waals surface area contributed by atoms with E-state index >= 15 is 0 Å². The van der Waals surface area contributed by atoms with Gasteiger partial charge in [-0.1, -0.05) is 42.0 Å². The minimum atomic E-state index is 0.250. The van der Waals surface area contributed by atoms with Crippen LogP contribution in [0.5, 0.6) is 0 Å². The van der Waals surface area contributed by atoms with E-state index in [0.717, 1.165) is 6.42 Å². The highest BCUT2D eigenvalue weighted by atomic mass is 16.5. The van der Waals surface area contributed by atoms with E-state index < -0.39 is 0 Å². The third-order valence-electron chi connectivity index (χ3n) is 6.09. The van der Waals surface area contributed by atoms with Gasteiger partial charge >= 0.3 is 0 Å². The summed E-state index contributed by atoms with van der Waals surface area (Å²) in [6, 6.07) is 13.6. The number of ether oxygens (including phenoxy) is 1. The zero-order chi connectivity index (χ0) is 18.0. The normalized spacial score (nSPS) is 20.6. The van der Waals surface area contributed by atoms with E-state index in [9.17, 15) is 0 Å². The minimum absolute atomic E-state index is 0.250. The number of fused-ring (bicyclic) bond motifs is 5. The van der Waals surface area contributed by atoms with Gasteiger partial charge in [0.25, 0.3) is 0 Å². The second-order valence-electron chi connectivity index (χ2n) is 7.87. The van der Waals surface area contributed by atoms with Crippen molar-refractivity contribution in [3.8, 4) is 5.69 Å². The van der Waals surface area contributed by atoms with Crippen LogP contribution in [0.4, 0.5) is 0 Å². The second-order valence-corrected chi connectivity index (χ2v) is 7.87. The number of aromatic nitrogens is 2. The third kappa shape index (κ3) is 2.13. The molecule has 1 aliphatic carbocycles. The molecule has 1 aromatic heterocycles. The lowest BCUT2D eigenvalue weighted by molar-refractivity contribution is -0.738. The van der Waals surface area contributed by atoms with E-state index in [0.29, 0.717) is 12.6 Å². The van der Waals surface area contributed by atoms with Gasteiger partial charge in [0, 0.05) is 18.9 Å². The predicted molar refractivity (Wildman–Crippen MR) is 102 cm³/mol. The summed E-state index contributed by atoms with van der Waals surface area (Å²) in [7, 11) is 0. The Morgan fingerprint density at radius 3 is 2.54 bits per heavy atom. The maximum Gasteiger partial charge on any atom is 0.250 e. The molecule has 2 atom stereocenters. The summed E-state index contributed by atoms with van der Waals surface area (Å²) < 4.78 is 11.1. The standard InChI is InChI=1S/C23H25N2O/c1-14-9-15(2)22(16(3)10-14)24-13-25-20(17(24)4)12-26-21-11-18-7-5-6-8-19(18)23(21)25/h5-10,13,21,23H,11-12H2,1-4H3/q+1/t21-,23+/m1/s1. The minimum Gasteiger partial charge on any atom is -0.364 e. The third-order valence-corrected chi connectivity index (χ3v) is 6.09. The predicted octanol–water partition coefficient (Wildman–Crippen LogP) is 4.04. The topological polar surface area (TPSA) is 18.0 Å². The molecule has 2 aliphatic rings. The van der Waals surface area contributed by atoms with Crippen molar-refractivity contribution in [3.63, 3.8) is 0 Å². The van der Waals surface area contributed by atoms with E-state index in [1.807, 2.05) is 0 Å². The van der Waals surface area contributed by atoms with E-state index in [1.54, 1.807) is 0 Å². The fraction of sp³-hybridized carbons (Fsp3) is 0.348. The van der Waals surface area contributed by atoms with Crippen molar-refractivity contribution in [1.82, 2.24) is 4.57 Å². The fourth-order valence-electron chi connectivity index (χ4n) is 5.01. The van der Waals surface area contributed by atoms with E-state index in [2.05, 4.69) is 79.6 Å². The van der Waals surface area contributed by atoms with Crippen LogP contribution >= 0.6 is 0 Å². The molecular formula is C23H25N2O+. The van der Waals surface area contributed by atoms with Crippen LogP contribution in [-0.2, 0) is 17.8 Å². The Balaban J connectivity index is 1.70. The van der Waals surface area contributed by atoms with Gasteiger partial charge in [-0.05, 0) is 37.5 Å². The van der Waals surface area contributed by atoms with Gasteiger partial charge in [0.05, 0.1) is 0 Å². The average Bonchev–Trinajstić information content (AvgIpc) is 3.12. The quantitative estimate of drug-likeness (QED) is 0.609. The van der Waals surface area contributed by atoms with Gasteiger partial charge in [-0.2, -0.15) is 4.57 Å². The fourth-order valence-corrected chi connectivity index (χ4v) is 5.01. The zero-order valence-electron chi connectivity index (χ0n) is 15.9. The van der Waals surface area contributed by atoms with Gasteiger partial charge in [-0.3, -0.25) is 0 Å². The first-order chi connectivity index (χ1) is 12.5. The van der Waals surface area contributed by atoms with Crippen LogP contribution in [-0.4, -0.2) is 10.7 Å². The van der Waals surface area contributed by atoms with Crippen molar-refractivity contribution in [2.75, 3.05) is 0 Å². The van der Waals surface area contributed by atoms with Crippen LogP contribution in [0.25, 0.3) is 5.69 Å². The summed E-state index contributed by atoms with van der Waals surface area (Å²) in [6.45, 7) is 9.50. The number of rotatable bonds is 1. The molecule has 0 radical (unpaired) electrons. The summed E-state index contributed by atoms with van der Waals surface area (Å²) >= 11 is 0. The molecule has 26 heavy (non-hydrogen) atoms. The number of hydrogen-bond acceptors (Lipinski definition) is 1. The first-order valence-electron chi connectivity index (χ1n) is 9.44. The first-order valence-corrected chi connectivity index (χ1v) is 9.44. The molecule has 132 valence electrons. The lowest BCUT2D eigenvalue weighted by atomic mass is 10.0.